The van der Waals surface area contributed by atoms with Gasteiger partial charge in [-0.3, -0.25) is 9.59 Å². The first-order chi connectivity index (χ1) is 9.72. The van der Waals surface area contributed by atoms with Gasteiger partial charge < -0.3 is 10.4 Å². The fraction of sp³-hybridized carbons (Fsp3) is 0.429. The molecule has 1 rings (SSSR count). The molecule has 1 atom stereocenters. The molecule has 6 nitrogen and oxygen atoms in total. The third kappa shape index (κ3) is 5.55. The van der Waals surface area contributed by atoms with Gasteiger partial charge in [-0.15, -0.1) is 0 Å². The monoisotopic (exact) mass is 313 g/mol. The second kappa shape index (κ2) is 7.21. The van der Waals surface area contributed by atoms with E-state index in [0.717, 1.165) is 0 Å². The second-order valence-corrected chi connectivity index (χ2v) is 7.23. The Morgan fingerprint density at radius 3 is 2.24 bits per heavy atom. The Morgan fingerprint density at radius 2 is 1.76 bits per heavy atom. The maximum atomic E-state index is 12.1. The SMILES string of the molecule is CC(C)NC(=O)CS(=O)(=O)C(Cc1ccccc1)C(=O)O. The lowest BCUT2D eigenvalue weighted by molar-refractivity contribution is -0.136. The van der Waals surface area contributed by atoms with Crippen molar-refractivity contribution in [3.05, 3.63) is 35.9 Å². The van der Waals surface area contributed by atoms with Crippen molar-refractivity contribution in [2.24, 2.45) is 0 Å². The molecular weight excluding hydrogens is 294 g/mol. The molecule has 0 saturated heterocycles. The molecule has 21 heavy (non-hydrogen) atoms. The third-order valence-corrected chi connectivity index (χ3v) is 4.65. The number of rotatable bonds is 7. The number of sulfone groups is 1. The summed E-state index contributed by atoms with van der Waals surface area (Å²) in [5.41, 5.74) is 0.595. The molecule has 0 aliphatic carbocycles. The van der Waals surface area contributed by atoms with Gasteiger partial charge in [-0.1, -0.05) is 30.3 Å². The maximum absolute atomic E-state index is 12.1. The van der Waals surface area contributed by atoms with Crippen molar-refractivity contribution in [2.75, 3.05) is 5.75 Å². The molecule has 7 heteroatoms. The highest BCUT2D eigenvalue weighted by atomic mass is 32.2. The molecule has 1 aromatic carbocycles. The lowest BCUT2D eigenvalue weighted by atomic mass is 10.1. The predicted molar refractivity (Wildman–Crippen MR) is 78.6 cm³/mol. The summed E-state index contributed by atoms with van der Waals surface area (Å²) in [6, 6.07) is 8.26. The fourth-order valence-corrected chi connectivity index (χ4v) is 3.25. The molecule has 1 amide bonds. The minimum atomic E-state index is -4.08. The van der Waals surface area contributed by atoms with E-state index >= 15 is 0 Å². The highest BCUT2D eigenvalue weighted by Gasteiger charge is 2.34. The van der Waals surface area contributed by atoms with Crippen molar-refractivity contribution in [3.8, 4) is 0 Å². The van der Waals surface area contributed by atoms with Crippen LogP contribution in [0, 0.1) is 0 Å². The van der Waals surface area contributed by atoms with E-state index in [1.807, 2.05) is 0 Å². The van der Waals surface area contributed by atoms with Crippen LogP contribution in [-0.4, -0.2) is 42.4 Å². The number of carboxylic acid groups (broad SMARTS) is 1. The molecule has 0 fully saturated rings. The summed E-state index contributed by atoms with van der Waals surface area (Å²) >= 11 is 0. The van der Waals surface area contributed by atoms with Gasteiger partial charge in [-0.25, -0.2) is 8.42 Å². The minimum absolute atomic E-state index is 0.159. The average molecular weight is 313 g/mol. The van der Waals surface area contributed by atoms with Gasteiger partial charge in [0.1, 0.15) is 5.75 Å². The first-order valence-corrected chi connectivity index (χ1v) is 8.21. The van der Waals surface area contributed by atoms with Crippen LogP contribution in [0.5, 0.6) is 0 Å². The molecule has 0 aliphatic rings. The van der Waals surface area contributed by atoms with E-state index in [-0.39, 0.29) is 12.5 Å². The molecule has 0 bridgehead atoms. The number of hydrogen-bond acceptors (Lipinski definition) is 4. The van der Waals surface area contributed by atoms with Crippen molar-refractivity contribution in [2.45, 2.75) is 31.6 Å². The summed E-state index contributed by atoms with van der Waals surface area (Å²) in [6.45, 7) is 3.40. The molecule has 0 aromatic heterocycles. The number of nitrogens with one attached hydrogen (secondary N) is 1. The Balaban J connectivity index is 2.89. The molecule has 0 heterocycles. The highest BCUT2D eigenvalue weighted by molar-refractivity contribution is 7.93. The Bertz CT molecular complexity index is 595. The number of carbonyl (C=O) groups is 2. The van der Waals surface area contributed by atoms with Crippen molar-refractivity contribution >= 4 is 21.7 Å². The van der Waals surface area contributed by atoms with Crippen molar-refractivity contribution in [1.82, 2.24) is 5.32 Å². The number of aliphatic carboxylic acids is 1. The molecule has 1 aromatic rings. The van der Waals surface area contributed by atoms with Crippen LogP contribution in [0.4, 0.5) is 0 Å². The summed E-state index contributed by atoms with van der Waals surface area (Å²) in [5, 5.41) is 9.97. The zero-order valence-electron chi connectivity index (χ0n) is 11.9. The zero-order chi connectivity index (χ0) is 16.0. The van der Waals surface area contributed by atoms with Crippen LogP contribution in [0.2, 0.25) is 0 Å². The number of hydrogen-bond donors (Lipinski definition) is 2. The molecule has 2 N–H and O–H groups in total. The van der Waals surface area contributed by atoms with Gasteiger partial charge in [0, 0.05) is 6.04 Å². The second-order valence-electron chi connectivity index (χ2n) is 5.05. The number of amides is 1. The fourth-order valence-electron chi connectivity index (χ4n) is 1.84. The van der Waals surface area contributed by atoms with E-state index in [4.69, 9.17) is 5.11 Å². The number of carboxylic acids is 1. The third-order valence-electron chi connectivity index (χ3n) is 2.75. The first-order valence-electron chi connectivity index (χ1n) is 6.50. The smallest absolute Gasteiger partial charge is 0.322 e. The highest BCUT2D eigenvalue weighted by Crippen LogP contribution is 2.12. The predicted octanol–water partition coefficient (Wildman–Crippen LogP) is 0.622. The van der Waals surface area contributed by atoms with Crippen molar-refractivity contribution in [3.63, 3.8) is 0 Å². The summed E-state index contributed by atoms with van der Waals surface area (Å²) in [4.78, 5) is 22.8. The zero-order valence-corrected chi connectivity index (χ0v) is 12.8. The topological polar surface area (TPSA) is 101 Å². The largest absolute Gasteiger partial charge is 0.480 e. The average Bonchev–Trinajstić information content (AvgIpc) is 2.34. The molecule has 0 saturated carbocycles. The number of carbonyl (C=O) groups excluding carboxylic acids is 1. The van der Waals surface area contributed by atoms with Crippen molar-refractivity contribution in [1.29, 1.82) is 0 Å². The van der Waals surface area contributed by atoms with Gasteiger partial charge in [-0.2, -0.15) is 0 Å². The Labute approximate surface area is 124 Å². The quantitative estimate of drug-likeness (QED) is 0.768. The Morgan fingerprint density at radius 1 is 1.19 bits per heavy atom. The van der Waals surface area contributed by atoms with Crippen LogP contribution in [-0.2, 0) is 25.8 Å². The standard InChI is InChI=1S/C14H19NO5S/c1-10(2)15-13(16)9-21(19,20)12(14(17)18)8-11-6-4-3-5-7-11/h3-7,10,12H,8-9H2,1-2H3,(H,15,16)(H,17,18). The van der Waals surface area contributed by atoms with Crippen LogP contribution in [0.3, 0.4) is 0 Å². The van der Waals surface area contributed by atoms with Crippen LogP contribution in [0.25, 0.3) is 0 Å². The van der Waals surface area contributed by atoms with E-state index in [9.17, 15) is 18.0 Å². The minimum Gasteiger partial charge on any atom is -0.480 e. The van der Waals surface area contributed by atoms with E-state index in [1.54, 1.807) is 44.2 Å². The van der Waals surface area contributed by atoms with Crippen LogP contribution < -0.4 is 5.32 Å². The van der Waals surface area contributed by atoms with Crippen LogP contribution >= 0.6 is 0 Å². The van der Waals surface area contributed by atoms with Gasteiger partial charge in [0.25, 0.3) is 0 Å². The van der Waals surface area contributed by atoms with Crippen molar-refractivity contribution < 1.29 is 23.1 Å². The van der Waals surface area contributed by atoms with Crippen LogP contribution in [0.1, 0.15) is 19.4 Å². The molecule has 0 radical (unpaired) electrons. The van der Waals surface area contributed by atoms with Gasteiger partial charge in [0.2, 0.25) is 5.91 Å². The maximum Gasteiger partial charge on any atom is 0.322 e. The summed E-state index contributed by atoms with van der Waals surface area (Å²) in [5.74, 6) is -2.96. The molecule has 116 valence electrons. The van der Waals surface area contributed by atoms with Gasteiger partial charge >= 0.3 is 5.97 Å². The van der Waals surface area contributed by atoms with Crippen LogP contribution in [0.15, 0.2) is 30.3 Å². The molecule has 1 unspecified atom stereocenters. The van der Waals surface area contributed by atoms with E-state index in [0.29, 0.717) is 5.56 Å². The molecular formula is C14H19NO5S. The lowest BCUT2D eigenvalue weighted by Crippen LogP contribution is -2.41. The van der Waals surface area contributed by atoms with Gasteiger partial charge in [-0.05, 0) is 25.8 Å². The normalized spacial score (nSPS) is 12.9. The molecule has 0 aliphatic heterocycles. The molecule has 0 spiro atoms. The first kappa shape index (κ1) is 17.2. The van der Waals surface area contributed by atoms with Gasteiger partial charge in [0.15, 0.2) is 15.1 Å². The van der Waals surface area contributed by atoms with E-state index < -0.39 is 32.7 Å². The summed E-state index contributed by atoms with van der Waals surface area (Å²) < 4.78 is 24.3. The number of benzene rings is 1. The summed E-state index contributed by atoms with van der Waals surface area (Å²) in [7, 11) is -4.08. The van der Waals surface area contributed by atoms with Gasteiger partial charge in [0.05, 0.1) is 0 Å². The Kier molecular flexibility index (Phi) is 5.90. The summed E-state index contributed by atoms with van der Waals surface area (Å²) in [6.07, 6.45) is -0.159. The Hall–Kier alpha value is -1.89. The van der Waals surface area contributed by atoms with E-state index in [2.05, 4.69) is 5.32 Å². The van der Waals surface area contributed by atoms with E-state index in [1.165, 1.54) is 0 Å². The lowest BCUT2D eigenvalue weighted by Gasteiger charge is -2.14.